The summed E-state index contributed by atoms with van der Waals surface area (Å²) in [4.78, 5) is 31.9. The fraction of sp³-hybridized carbons (Fsp3) is 0.560. The summed E-state index contributed by atoms with van der Waals surface area (Å²) in [5, 5.41) is 4.11. The van der Waals surface area contributed by atoms with Gasteiger partial charge < -0.3 is 19.7 Å². The number of methoxy groups -OCH3 is 1. The van der Waals surface area contributed by atoms with Crippen molar-refractivity contribution in [2.45, 2.75) is 64.7 Å². The Morgan fingerprint density at radius 2 is 1.97 bits per heavy atom. The number of carbonyl (C=O) groups excluding carboxylic acids is 2. The molecule has 7 heteroatoms. The Morgan fingerprint density at radius 1 is 1.22 bits per heavy atom. The van der Waals surface area contributed by atoms with Gasteiger partial charge in [0.25, 0.3) is 0 Å². The maximum absolute atomic E-state index is 12.9. The third kappa shape index (κ3) is 5.97. The number of fused-ring (bicyclic) bond motifs is 1. The summed E-state index contributed by atoms with van der Waals surface area (Å²) in [5.74, 6) is -0.494. The number of rotatable bonds is 7. The highest BCUT2D eigenvalue weighted by molar-refractivity contribution is 5.79. The average Bonchev–Trinajstić information content (AvgIpc) is 3.22. The molecule has 1 saturated heterocycles. The standard InChI is InChI=1S/C25H35N3O4/c1-17(22(31-5)21-11-8-16-28(21)24(30)32-25(2,3)4)23(29)26-15-14-19-13-12-18-9-6-7-10-20(18)27-19/h6-7,9-10,12-13,17,21-22H,8,11,14-16H2,1-5H3,(H,26,29)/t17-,21+,22-/m1/s1. The Labute approximate surface area is 190 Å². The SMILES string of the molecule is CO[C@H]([C@@H](C)C(=O)NCCc1ccc2ccccc2n1)[C@@H]1CCCN1C(=O)OC(C)(C)C. The smallest absolute Gasteiger partial charge is 0.410 e. The van der Waals surface area contributed by atoms with Crippen LogP contribution in [0.5, 0.6) is 0 Å². The molecule has 3 rings (SSSR count). The van der Waals surface area contributed by atoms with Crippen molar-refractivity contribution in [1.82, 2.24) is 15.2 Å². The summed E-state index contributed by atoms with van der Waals surface area (Å²) in [6.45, 7) is 8.51. The van der Waals surface area contributed by atoms with Crippen LogP contribution in [0.25, 0.3) is 10.9 Å². The number of benzene rings is 1. The maximum atomic E-state index is 12.9. The van der Waals surface area contributed by atoms with Crippen LogP contribution in [0.3, 0.4) is 0 Å². The van der Waals surface area contributed by atoms with Crippen molar-refractivity contribution in [2.75, 3.05) is 20.2 Å². The molecule has 3 atom stereocenters. The van der Waals surface area contributed by atoms with Crippen LogP contribution in [0.2, 0.25) is 0 Å². The Hall–Kier alpha value is -2.67. The van der Waals surface area contributed by atoms with E-state index in [0.717, 1.165) is 29.4 Å². The lowest BCUT2D eigenvalue weighted by Crippen LogP contribution is -2.50. The molecule has 174 valence electrons. The third-order valence-corrected chi connectivity index (χ3v) is 5.82. The van der Waals surface area contributed by atoms with Crippen LogP contribution >= 0.6 is 0 Å². The third-order valence-electron chi connectivity index (χ3n) is 5.82. The molecule has 0 bridgehead atoms. The van der Waals surface area contributed by atoms with Crippen molar-refractivity contribution in [3.05, 3.63) is 42.1 Å². The lowest BCUT2D eigenvalue weighted by Gasteiger charge is -2.34. The summed E-state index contributed by atoms with van der Waals surface area (Å²) in [6, 6.07) is 11.8. The highest BCUT2D eigenvalue weighted by Gasteiger charge is 2.41. The minimum atomic E-state index is -0.563. The Balaban J connectivity index is 1.57. The number of likely N-dealkylation sites (tertiary alicyclic amines) is 1. The van der Waals surface area contributed by atoms with E-state index in [1.165, 1.54) is 0 Å². The van der Waals surface area contributed by atoms with E-state index in [-0.39, 0.29) is 18.0 Å². The first-order valence-electron chi connectivity index (χ1n) is 11.3. The molecule has 1 N–H and O–H groups in total. The van der Waals surface area contributed by atoms with Crippen molar-refractivity contribution in [3.63, 3.8) is 0 Å². The number of ether oxygens (including phenoxy) is 2. The molecule has 7 nitrogen and oxygen atoms in total. The number of nitrogens with zero attached hydrogens (tertiary/aromatic N) is 2. The molecule has 0 aliphatic carbocycles. The Morgan fingerprint density at radius 3 is 2.69 bits per heavy atom. The van der Waals surface area contributed by atoms with Crippen LogP contribution in [0.4, 0.5) is 4.79 Å². The largest absolute Gasteiger partial charge is 0.444 e. The number of carbonyl (C=O) groups is 2. The van der Waals surface area contributed by atoms with Gasteiger partial charge in [0, 0.05) is 37.7 Å². The zero-order chi connectivity index (χ0) is 23.3. The lowest BCUT2D eigenvalue weighted by molar-refractivity contribution is -0.130. The van der Waals surface area contributed by atoms with Crippen LogP contribution in [-0.4, -0.2) is 59.8 Å². The quantitative estimate of drug-likeness (QED) is 0.704. The van der Waals surface area contributed by atoms with Gasteiger partial charge in [-0.25, -0.2) is 4.79 Å². The monoisotopic (exact) mass is 441 g/mol. The number of para-hydroxylation sites is 1. The predicted molar refractivity (Wildman–Crippen MR) is 124 cm³/mol. The number of hydrogen-bond donors (Lipinski definition) is 1. The van der Waals surface area contributed by atoms with E-state index < -0.39 is 17.6 Å². The highest BCUT2D eigenvalue weighted by atomic mass is 16.6. The first-order chi connectivity index (χ1) is 15.2. The topological polar surface area (TPSA) is 80.8 Å². The van der Waals surface area contributed by atoms with Crippen molar-refractivity contribution in [2.24, 2.45) is 5.92 Å². The van der Waals surface area contributed by atoms with E-state index in [9.17, 15) is 9.59 Å². The molecular formula is C25H35N3O4. The van der Waals surface area contributed by atoms with Gasteiger partial charge in [-0.05, 0) is 45.7 Å². The van der Waals surface area contributed by atoms with E-state index >= 15 is 0 Å². The van der Waals surface area contributed by atoms with Crippen molar-refractivity contribution in [3.8, 4) is 0 Å². The zero-order valence-electron chi connectivity index (χ0n) is 19.8. The van der Waals surface area contributed by atoms with Gasteiger partial charge in [0.15, 0.2) is 0 Å². The van der Waals surface area contributed by atoms with Gasteiger partial charge in [-0.2, -0.15) is 0 Å². The van der Waals surface area contributed by atoms with Crippen molar-refractivity contribution >= 4 is 22.9 Å². The summed E-state index contributed by atoms with van der Waals surface area (Å²) < 4.78 is 11.3. The Kier molecular flexibility index (Phi) is 7.72. The van der Waals surface area contributed by atoms with Crippen LogP contribution in [0, 0.1) is 5.92 Å². The maximum Gasteiger partial charge on any atom is 0.410 e. The van der Waals surface area contributed by atoms with Gasteiger partial charge in [-0.15, -0.1) is 0 Å². The van der Waals surface area contributed by atoms with Gasteiger partial charge in [0.2, 0.25) is 5.91 Å². The molecule has 2 aromatic rings. The Bertz CT molecular complexity index is 940. The molecule has 1 aromatic carbocycles. The van der Waals surface area contributed by atoms with E-state index in [0.29, 0.717) is 19.5 Å². The fourth-order valence-corrected chi connectivity index (χ4v) is 4.25. The fourth-order valence-electron chi connectivity index (χ4n) is 4.25. The van der Waals surface area contributed by atoms with Crippen molar-refractivity contribution < 1.29 is 19.1 Å². The molecule has 1 aliphatic rings. The molecular weight excluding hydrogens is 406 g/mol. The van der Waals surface area contributed by atoms with Crippen LogP contribution in [0.15, 0.2) is 36.4 Å². The summed E-state index contributed by atoms with van der Waals surface area (Å²) >= 11 is 0. The molecule has 0 spiro atoms. The average molecular weight is 442 g/mol. The van der Waals surface area contributed by atoms with Crippen molar-refractivity contribution in [1.29, 1.82) is 0 Å². The zero-order valence-corrected chi connectivity index (χ0v) is 19.8. The number of aromatic nitrogens is 1. The normalized spacial score (nSPS) is 18.4. The molecule has 1 aromatic heterocycles. The number of amides is 2. The second-order valence-electron chi connectivity index (χ2n) is 9.41. The minimum Gasteiger partial charge on any atom is -0.444 e. The second kappa shape index (κ2) is 10.3. The van der Waals surface area contributed by atoms with E-state index in [1.807, 2.05) is 58.0 Å². The van der Waals surface area contributed by atoms with Gasteiger partial charge in [-0.3, -0.25) is 9.78 Å². The number of nitrogens with one attached hydrogen (secondary N) is 1. The molecule has 1 aliphatic heterocycles. The van der Waals surface area contributed by atoms with Crippen LogP contribution in [0.1, 0.15) is 46.2 Å². The molecule has 0 saturated carbocycles. The number of pyridine rings is 1. The van der Waals surface area contributed by atoms with E-state index in [4.69, 9.17) is 9.47 Å². The lowest BCUT2D eigenvalue weighted by atomic mass is 9.95. The second-order valence-corrected chi connectivity index (χ2v) is 9.41. The van der Waals surface area contributed by atoms with Gasteiger partial charge in [0.05, 0.1) is 23.6 Å². The van der Waals surface area contributed by atoms with E-state index in [2.05, 4.69) is 16.4 Å². The predicted octanol–water partition coefficient (Wildman–Crippen LogP) is 3.94. The summed E-state index contributed by atoms with van der Waals surface area (Å²) in [5.41, 5.74) is 1.33. The van der Waals surface area contributed by atoms with Crippen LogP contribution < -0.4 is 5.32 Å². The van der Waals surface area contributed by atoms with Gasteiger partial charge >= 0.3 is 6.09 Å². The first kappa shape index (κ1) is 24.0. The molecule has 0 unspecified atom stereocenters. The van der Waals surface area contributed by atoms with Gasteiger partial charge in [-0.1, -0.05) is 31.2 Å². The molecule has 0 radical (unpaired) electrons. The van der Waals surface area contributed by atoms with E-state index in [1.54, 1.807) is 12.0 Å². The first-order valence-corrected chi connectivity index (χ1v) is 11.3. The van der Waals surface area contributed by atoms with Crippen LogP contribution in [-0.2, 0) is 20.7 Å². The summed E-state index contributed by atoms with van der Waals surface area (Å²) in [6.07, 6.45) is 1.55. The van der Waals surface area contributed by atoms with Gasteiger partial charge in [0.1, 0.15) is 5.60 Å². The summed E-state index contributed by atoms with van der Waals surface area (Å²) in [7, 11) is 1.60. The highest BCUT2D eigenvalue weighted by Crippen LogP contribution is 2.28. The molecule has 2 heterocycles. The minimum absolute atomic E-state index is 0.0892. The number of hydrogen-bond acceptors (Lipinski definition) is 5. The molecule has 2 amide bonds. The molecule has 32 heavy (non-hydrogen) atoms. The molecule has 1 fully saturated rings.